The van der Waals surface area contributed by atoms with Crippen LogP contribution in [0.15, 0.2) is 34.9 Å². The monoisotopic (exact) mass is 337 g/mol. The minimum atomic E-state index is 0.441. The summed E-state index contributed by atoms with van der Waals surface area (Å²) in [6, 6.07) is 8.44. The van der Waals surface area contributed by atoms with Gasteiger partial charge in [0.25, 0.3) is 0 Å². The van der Waals surface area contributed by atoms with Crippen molar-refractivity contribution in [2.45, 2.75) is 32.9 Å². The zero-order valence-corrected chi connectivity index (χ0v) is 13.6. The molecule has 0 radical (unpaired) electrons. The van der Waals surface area contributed by atoms with Crippen LogP contribution in [0.4, 0.5) is 5.69 Å². The summed E-state index contributed by atoms with van der Waals surface area (Å²) in [5.74, 6) is 0.820. The van der Waals surface area contributed by atoms with E-state index in [0.717, 1.165) is 28.0 Å². The van der Waals surface area contributed by atoms with Crippen molar-refractivity contribution in [2.24, 2.45) is 0 Å². The summed E-state index contributed by atoms with van der Waals surface area (Å²) >= 11 is 3.45. The first kappa shape index (κ1) is 14.9. The van der Waals surface area contributed by atoms with Gasteiger partial charge in [-0.2, -0.15) is 5.10 Å². The number of halogens is 1. The fraction of sp³-hybridized carbons (Fsp3) is 0.400. The molecule has 0 aliphatic rings. The van der Waals surface area contributed by atoms with Gasteiger partial charge in [-0.15, -0.1) is 0 Å². The Kier molecular flexibility index (Phi) is 5.06. The maximum absolute atomic E-state index is 5.28. The predicted octanol–water partition coefficient (Wildman–Crippen LogP) is 4.24. The maximum atomic E-state index is 5.28. The highest BCUT2D eigenvalue weighted by Gasteiger charge is 2.05. The largest absolute Gasteiger partial charge is 0.495 e. The number of benzene rings is 1. The molecule has 1 aromatic heterocycles. The third kappa shape index (κ3) is 3.54. The number of anilines is 1. The van der Waals surface area contributed by atoms with E-state index < -0.39 is 0 Å². The molecule has 1 atom stereocenters. The standard InChI is InChI=1S/C15H20BrN3O/c1-4-11(2)19-8-7-13(18-19)10-17-12-5-6-14(16)15(9-12)20-3/h5-9,11,17H,4,10H2,1-3H3. The van der Waals surface area contributed by atoms with Crippen molar-refractivity contribution in [2.75, 3.05) is 12.4 Å². The molecule has 0 aliphatic carbocycles. The van der Waals surface area contributed by atoms with Gasteiger partial charge in [-0.05, 0) is 47.5 Å². The smallest absolute Gasteiger partial charge is 0.135 e. The van der Waals surface area contributed by atoms with Gasteiger partial charge in [0.05, 0.1) is 23.8 Å². The molecule has 1 heterocycles. The second-order valence-electron chi connectivity index (χ2n) is 4.75. The number of nitrogens with zero attached hydrogens (tertiary/aromatic N) is 2. The molecule has 1 unspecified atom stereocenters. The molecular weight excluding hydrogens is 318 g/mol. The third-order valence-corrected chi connectivity index (χ3v) is 3.99. The molecule has 0 fully saturated rings. The predicted molar refractivity (Wildman–Crippen MR) is 85.2 cm³/mol. The van der Waals surface area contributed by atoms with Crippen LogP contribution in [0.3, 0.4) is 0 Å². The van der Waals surface area contributed by atoms with Gasteiger partial charge in [0.15, 0.2) is 0 Å². The lowest BCUT2D eigenvalue weighted by molar-refractivity contribution is 0.412. The Morgan fingerprint density at radius 2 is 2.20 bits per heavy atom. The number of hydrogen-bond acceptors (Lipinski definition) is 3. The fourth-order valence-corrected chi connectivity index (χ4v) is 2.28. The van der Waals surface area contributed by atoms with Gasteiger partial charge in [-0.1, -0.05) is 6.92 Å². The first-order chi connectivity index (χ1) is 9.63. The first-order valence-corrected chi connectivity index (χ1v) is 7.54. The number of methoxy groups -OCH3 is 1. The van der Waals surface area contributed by atoms with Crippen molar-refractivity contribution >= 4 is 21.6 Å². The summed E-state index contributed by atoms with van der Waals surface area (Å²) in [4.78, 5) is 0. The average molecular weight is 338 g/mol. The van der Waals surface area contributed by atoms with Crippen molar-refractivity contribution in [3.05, 3.63) is 40.6 Å². The highest BCUT2D eigenvalue weighted by molar-refractivity contribution is 9.10. The maximum Gasteiger partial charge on any atom is 0.135 e. The Labute approximate surface area is 128 Å². The summed E-state index contributed by atoms with van der Waals surface area (Å²) < 4.78 is 8.24. The average Bonchev–Trinajstić information content (AvgIpc) is 2.94. The van der Waals surface area contributed by atoms with Crippen LogP contribution >= 0.6 is 15.9 Å². The lowest BCUT2D eigenvalue weighted by Crippen LogP contribution is -2.06. The second kappa shape index (κ2) is 6.79. The van der Waals surface area contributed by atoms with Gasteiger partial charge in [-0.3, -0.25) is 4.68 Å². The highest BCUT2D eigenvalue weighted by atomic mass is 79.9. The number of nitrogens with one attached hydrogen (secondary N) is 1. The summed E-state index contributed by atoms with van der Waals surface area (Å²) in [6.07, 6.45) is 3.12. The topological polar surface area (TPSA) is 39.1 Å². The lowest BCUT2D eigenvalue weighted by atomic mass is 10.3. The molecule has 20 heavy (non-hydrogen) atoms. The van der Waals surface area contributed by atoms with Gasteiger partial charge in [0, 0.05) is 24.0 Å². The van der Waals surface area contributed by atoms with E-state index in [1.54, 1.807) is 7.11 Å². The molecule has 0 spiro atoms. The number of rotatable bonds is 6. The zero-order chi connectivity index (χ0) is 14.5. The van der Waals surface area contributed by atoms with Crippen LogP contribution in [0, 0.1) is 0 Å². The van der Waals surface area contributed by atoms with E-state index in [4.69, 9.17) is 4.74 Å². The number of hydrogen-bond donors (Lipinski definition) is 1. The molecule has 108 valence electrons. The molecule has 2 aromatic rings. The highest BCUT2D eigenvalue weighted by Crippen LogP contribution is 2.28. The van der Waals surface area contributed by atoms with Gasteiger partial charge in [-0.25, -0.2) is 0 Å². The van der Waals surface area contributed by atoms with Crippen molar-refractivity contribution < 1.29 is 4.74 Å². The summed E-state index contributed by atoms with van der Waals surface area (Å²) in [6.45, 7) is 5.04. The fourth-order valence-electron chi connectivity index (χ4n) is 1.87. The van der Waals surface area contributed by atoms with Crippen molar-refractivity contribution in [3.63, 3.8) is 0 Å². The van der Waals surface area contributed by atoms with E-state index in [-0.39, 0.29) is 0 Å². The molecule has 4 nitrogen and oxygen atoms in total. The van der Waals surface area contributed by atoms with Crippen molar-refractivity contribution in [1.29, 1.82) is 0 Å². The summed E-state index contributed by atoms with van der Waals surface area (Å²) in [5, 5.41) is 7.93. The molecular formula is C15H20BrN3O. The van der Waals surface area contributed by atoms with E-state index >= 15 is 0 Å². The Bertz CT molecular complexity index is 568. The number of ether oxygens (including phenoxy) is 1. The molecule has 0 aliphatic heterocycles. The molecule has 0 amide bonds. The van der Waals surface area contributed by atoms with Crippen molar-refractivity contribution in [3.8, 4) is 5.75 Å². The van der Waals surface area contributed by atoms with Gasteiger partial charge in [0.1, 0.15) is 5.75 Å². The summed E-state index contributed by atoms with van der Waals surface area (Å²) in [7, 11) is 1.66. The Balaban J connectivity index is 2.00. The minimum absolute atomic E-state index is 0.441. The van der Waals surface area contributed by atoms with Crippen molar-refractivity contribution in [1.82, 2.24) is 9.78 Å². The number of aromatic nitrogens is 2. The normalized spacial score (nSPS) is 12.2. The van der Waals surface area contributed by atoms with Crippen LogP contribution < -0.4 is 10.1 Å². The van der Waals surface area contributed by atoms with E-state index in [2.05, 4.69) is 46.3 Å². The molecule has 1 aromatic carbocycles. The van der Waals surface area contributed by atoms with Crippen LogP contribution in [0.2, 0.25) is 0 Å². The van der Waals surface area contributed by atoms with Gasteiger partial charge in [0.2, 0.25) is 0 Å². The third-order valence-electron chi connectivity index (χ3n) is 3.33. The van der Waals surface area contributed by atoms with E-state index in [0.29, 0.717) is 12.6 Å². The van der Waals surface area contributed by atoms with Crippen LogP contribution in [0.25, 0.3) is 0 Å². The van der Waals surface area contributed by atoms with Crippen LogP contribution in [-0.4, -0.2) is 16.9 Å². The van der Waals surface area contributed by atoms with E-state index in [9.17, 15) is 0 Å². The van der Waals surface area contributed by atoms with E-state index in [1.807, 2.05) is 29.1 Å². The summed E-state index contributed by atoms with van der Waals surface area (Å²) in [5.41, 5.74) is 2.05. The SMILES string of the molecule is CCC(C)n1ccc(CNc2ccc(Br)c(OC)c2)n1. The Morgan fingerprint density at radius 1 is 1.40 bits per heavy atom. The Hall–Kier alpha value is -1.49. The zero-order valence-electron chi connectivity index (χ0n) is 12.1. The lowest BCUT2D eigenvalue weighted by Gasteiger charge is -2.09. The van der Waals surface area contributed by atoms with Crippen LogP contribution in [-0.2, 0) is 6.54 Å². The van der Waals surface area contributed by atoms with Crippen LogP contribution in [0.5, 0.6) is 5.75 Å². The Morgan fingerprint density at radius 3 is 2.90 bits per heavy atom. The van der Waals surface area contributed by atoms with Crippen LogP contribution in [0.1, 0.15) is 32.0 Å². The quantitative estimate of drug-likeness (QED) is 0.856. The minimum Gasteiger partial charge on any atom is -0.495 e. The molecule has 0 saturated carbocycles. The molecule has 5 heteroatoms. The van der Waals surface area contributed by atoms with E-state index in [1.165, 1.54) is 0 Å². The molecule has 0 saturated heterocycles. The van der Waals surface area contributed by atoms with Gasteiger partial charge >= 0.3 is 0 Å². The molecule has 2 rings (SSSR count). The second-order valence-corrected chi connectivity index (χ2v) is 5.60. The molecule has 1 N–H and O–H groups in total. The van der Waals surface area contributed by atoms with Gasteiger partial charge < -0.3 is 10.1 Å². The first-order valence-electron chi connectivity index (χ1n) is 6.75. The molecule has 0 bridgehead atoms.